The van der Waals surface area contributed by atoms with E-state index in [0.29, 0.717) is 17.6 Å². The van der Waals surface area contributed by atoms with E-state index in [-0.39, 0.29) is 5.82 Å². The molecule has 0 unspecified atom stereocenters. The molecule has 1 aliphatic heterocycles. The predicted octanol–water partition coefficient (Wildman–Crippen LogP) is 3.78. The average Bonchev–Trinajstić information content (AvgIpc) is 3.30. The van der Waals surface area contributed by atoms with Gasteiger partial charge in [0, 0.05) is 43.3 Å². The first-order valence-corrected chi connectivity index (χ1v) is 9.71. The number of anilines is 1. The third-order valence-corrected chi connectivity index (χ3v) is 5.62. The summed E-state index contributed by atoms with van der Waals surface area (Å²) in [6.07, 6.45) is 0. The van der Waals surface area contributed by atoms with E-state index in [1.165, 1.54) is 17.8 Å². The third kappa shape index (κ3) is 2.92. The van der Waals surface area contributed by atoms with Gasteiger partial charge in [0.2, 0.25) is 0 Å². The molecule has 0 radical (unpaired) electrons. The molecular formula is C21H23FN6. The van der Waals surface area contributed by atoms with Gasteiger partial charge in [-0.25, -0.2) is 9.37 Å². The quantitative estimate of drug-likeness (QED) is 0.570. The molecule has 2 aromatic carbocycles. The summed E-state index contributed by atoms with van der Waals surface area (Å²) in [5, 5.41) is 8.01. The summed E-state index contributed by atoms with van der Waals surface area (Å²) >= 11 is 0. The molecule has 144 valence electrons. The normalized spacial score (nSPS) is 15.9. The number of piperazine rings is 1. The number of nitrogens with zero attached hydrogens (tertiary/aromatic N) is 4. The van der Waals surface area contributed by atoms with Gasteiger partial charge in [-0.15, -0.1) is 0 Å². The van der Waals surface area contributed by atoms with Crippen LogP contribution in [-0.4, -0.2) is 57.3 Å². The minimum Gasteiger partial charge on any atom is -0.369 e. The third-order valence-electron chi connectivity index (χ3n) is 5.62. The fraction of sp³-hybridized carbons (Fsp3) is 0.333. The Balaban J connectivity index is 1.46. The molecule has 2 aromatic heterocycles. The van der Waals surface area contributed by atoms with E-state index in [4.69, 9.17) is 0 Å². The maximum absolute atomic E-state index is 13.7. The molecule has 2 N–H and O–H groups in total. The maximum atomic E-state index is 13.7. The smallest absolute Gasteiger partial charge is 0.159 e. The lowest BCUT2D eigenvalue weighted by Crippen LogP contribution is -2.48. The van der Waals surface area contributed by atoms with Crippen molar-refractivity contribution < 1.29 is 4.39 Å². The van der Waals surface area contributed by atoms with Crippen LogP contribution < -0.4 is 4.90 Å². The van der Waals surface area contributed by atoms with E-state index in [1.54, 1.807) is 6.07 Å². The molecule has 0 aliphatic carbocycles. The molecule has 5 rings (SSSR count). The van der Waals surface area contributed by atoms with Crippen molar-refractivity contribution in [3.8, 4) is 11.5 Å². The molecule has 1 aliphatic rings. The van der Waals surface area contributed by atoms with Crippen molar-refractivity contribution in [1.82, 2.24) is 25.1 Å². The highest BCUT2D eigenvalue weighted by Crippen LogP contribution is 2.28. The highest BCUT2D eigenvalue weighted by molar-refractivity contribution is 5.93. The molecular weight excluding hydrogens is 355 g/mol. The van der Waals surface area contributed by atoms with Crippen LogP contribution in [0.2, 0.25) is 0 Å². The van der Waals surface area contributed by atoms with Gasteiger partial charge in [0.1, 0.15) is 11.5 Å². The number of aromatic amines is 2. The van der Waals surface area contributed by atoms with Crippen molar-refractivity contribution in [3.05, 3.63) is 42.2 Å². The zero-order valence-corrected chi connectivity index (χ0v) is 16.0. The van der Waals surface area contributed by atoms with Crippen LogP contribution in [0.25, 0.3) is 33.5 Å². The Labute approximate surface area is 162 Å². The number of nitrogens with one attached hydrogen (secondary N) is 2. The highest BCUT2D eigenvalue weighted by atomic mass is 19.1. The van der Waals surface area contributed by atoms with Crippen molar-refractivity contribution in [1.29, 1.82) is 0 Å². The Morgan fingerprint density at radius 2 is 1.82 bits per heavy atom. The van der Waals surface area contributed by atoms with Gasteiger partial charge in [0.05, 0.1) is 16.6 Å². The zero-order valence-electron chi connectivity index (χ0n) is 16.0. The molecule has 7 heteroatoms. The summed E-state index contributed by atoms with van der Waals surface area (Å²) in [7, 11) is 0. The highest BCUT2D eigenvalue weighted by Gasteiger charge is 2.20. The van der Waals surface area contributed by atoms with Crippen molar-refractivity contribution in [3.63, 3.8) is 0 Å². The minimum atomic E-state index is -0.283. The van der Waals surface area contributed by atoms with Gasteiger partial charge in [0.15, 0.2) is 5.82 Å². The number of imidazole rings is 1. The molecule has 1 saturated heterocycles. The molecule has 6 nitrogen and oxygen atoms in total. The van der Waals surface area contributed by atoms with Crippen molar-refractivity contribution in [2.75, 3.05) is 31.1 Å². The summed E-state index contributed by atoms with van der Waals surface area (Å²) in [5.74, 6) is 0.364. The molecule has 28 heavy (non-hydrogen) atoms. The number of hydrogen-bond acceptors (Lipinski definition) is 4. The fourth-order valence-corrected chi connectivity index (χ4v) is 3.97. The number of aromatic nitrogens is 4. The lowest BCUT2D eigenvalue weighted by molar-refractivity contribution is 0.209. The molecule has 4 aromatic rings. The molecule has 0 amide bonds. The first-order valence-electron chi connectivity index (χ1n) is 9.71. The predicted molar refractivity (Wildman–Crippen MR) is 110 cm³/mol. The van der Waals surface area contributed by atoms with Gasteiger partial charge < -0.3 is 9.88 Å². The molecule has 0 spiro atoms. The molecule has 3 heterocycles. The number of benzene rings is 2. The molecule has 0 atom stereocenters. The standard InChI is InChI=1S/C21H23FN6/c1-13(2)27-7-9-28(10-8-27)15-4-6-18-19(12-15)24-21(23-18)20-16-11-14(22)3-5-17(16)25-26-20/h3-6,11-13H,7-10H2,1-2H3,(H,23,24)(H,25,26). The fourth-order valence-electron chi connectivity index (χ4n) is 3.97. The summed E-state index contributed by atoms with van der Waals surface area (Å²) in [4.78, 5) is 13.0. The van der Waals surface area contributed by atoms with E-state index < -0.39 is 0 Å². The van der Waals surface area contributed by atoms with Crippen LogP contribution in [0.15, 0.2) is 36.4 Å². The van der Waals surface area contributed by atoms with Crippen LogP contribution in [-0.2, 0) is 0 Å². The average molecular weight is 378 g/mol. The number of rotatable bonds is 3. The van der Waals surface area contributed by atoms with Gasteiger partial charge in [-0.05, 0) is 50.2 Å². The lowest BCUT2D eigenvalue weighted by atomic mass is 10.2. The van der Waals surface area contributed by atoms with Crippen LogP contribution in [0.5, 0.6) is 0 Å². The van der Waals surface area contributed by atoms with Crippen molar-refractivity contribution in [2.45, 2.75) is 19.9 Å². The molecule has 0 saturated carbocycles. The zero-order chi connectivity index (χ0) is 19.3. The van der Waals surface area contributed by atoms with Crippen LogP contribution >= 0.6 is 0 Å². The number of H-pyrrole nitrogens is 2. The van der Waals surface area contributed by atoms with Gasteiger partial charge in [-0.3, -0.25) is 10.00 Å². The summed E-state index contributed by atoms with van der Waals surface area (Å²) in [5.41, 5.74) is 4.47. The minimum absolute atomic E-state index is 0.283. The Morgan fingerprint density at radius 3 is 2.61 bits per heavy atom. The molecule has 1 fully saturated rings. The second kappa shape index (κ2) is 6.60. The van der Waals surface area contributed by atoms with Gasteiger partial charge in [0.25, 0.3) is 0 Å². The first-order chi connectivity index (χ1) is 13.6. The SMILES string of the molecule is CC(C)N1CCN(c2ccc3nc(-c4n[nH]c5ccc(F)cc45)[nH]c3c2)CC1. The number of halogens is 1. The lowest BCUT2D eigenvalue weighted by Gasteiger charge is -2.38. The Kier molecular flexibility index (Phi) is 4.05. The van der Waals surface area contributed by atoms with Crippen LogP contribution in [0.4, 0.5) is 10.1 Å². The van der Waals surface area contributed by atoms with Crippen LogP contribution in [0.1, 0.15) is 13.8 Å². The van der Waals surface area contributed by atoms with Crippen LogP contribution in [0.3, 0.4) is 0 Å². The van der Waals surface area contributed by atoms with Gasteiger partial charge in [-0.2, -0.15) is 5.10 Å². The first kappa shape index (κ1) is 17.2. The number of fused-ring (bicyclic) bond motifs is 2. The largest absolute Gasteiger partial charge is 0.369 e. The van der Waals surface area contributed by atoms with E-state index >= 15 is 0 Å². The van der Waals surface area contributed by atoms with Crippen LogP contribution in [0, 0.1) is 5.82 Å². The topological polar surface area (TPSA) is 63.8 Å². The second-order valence-corrected chi connectivity index (χ2v) is 7.67. The van der Waals surface area contributed by atoms with Gasteiger partial charge >= 0.3 is 0 Å². The summed E-state index contributed by atoms with van der Waals surface area (Å²) < 4.78 is 13.7. The Hall–Kier alpha value is -2.93. The van der Waals surface area contributed by atoms with Crippen molar-refractivity contribution >= 4 is 27.6 Å². The Bertz CT molecular complexity index is 1140. The van der Waals surface area contributed by atoms with E-state index in [2.05, 4.69) is 55.9 Å². The van der Waals surface area contributed by atoms with Gasteiger partial charge in [-0.1, -0.05) is 0 Å². The second-order valence-electron chi connectivity index (χ2n) is 7.67. The van der Waals surface area contributed by atoms with E-state index in [9.17, 15) is 4.39 Å². The Morgan fingerprint density at radius 1 is 1.00 bits per heavy atom. The summed E-state index contributed by atoms with van der Waals surface area (Å²) in [6, 6.07) is 11.5. The monoisotopic (exact) mass is 378 g/mol. The van der Waals surface area contributed by atoms with Crippen molar-refractivity contribution in [2.24, 2.45) is 0 Å². The summed E-state index contributed by atoms with van der Waals surface area (Å²) in [6.45, 7) is 8.70. The number of hydrogen-bond donors (Lipinski definition) is 2. The molecule has 0 bridgehead atoms. The van der Waals surface area contributed by atoms with E-state index in [1.807, 2.05) is 6.07 Å². The maximum Gasteiger partial charge on any atom is 0.159 e. The van der Waals surface area contributed by atoms with E-state index in [0.717, 1.165) is 48.1 Å².